The van der Waals surface area contributed by atoms with Gasteiger partial charge in [0, 0.05) is 13.1 Å². The van der Waals surface area contributed by atoms with Gasteiger partial charge in [0.15, 0.2) is 0 Å². The second kappa shape index (κ2) is 6.23. The van der Waals surface area contributed by atoms with Crippen LogP contribution in [0.25, 0.3) is 0 Å². The number of benzene rings is 1. The van der Waals surface area contributed by atoms with Crippen molar-refractivity contribution in [3.8, 4) is 0 Å². The molecule has 3 rings (SSSR count). The number of hydrogen-bond acceptors (Lipinski definition) is 2. The van der Waals surface area contributed by atoms with Crippen LogP contribution in [0.15, 0.2) is 30.3 Å². The zero-order valence-electron chi connectivity index (χ0n) is 14.6. The van der Waals surface area contributed by atoms with Gasteiger partial charge >= 0.3 is 5.97 Å². The summed E-state index contributed by atoms with van der Waals surface area (Å²) in [5.41, 5.74) is 0.605. The maximum absolute atomic E-state index is 13.3. The smallest absolute Gasteiger partial charge is 0.307 e. The van der Waals surface area contributed by atoms with E-state index in [2.05, 4.69) is 26.0 Å². The Morgan fingerprint density at radius 2 is 1.75 bits per heavy atom. The molecule has 24 heavy (non-hydrogen) atoms. The first kappa shape index (κ1) is 17.0. The molecule has 1 aromatic rings. The summed E-state index contributed by atoms with van der Waals surface area (Å²) in [6.45, 7) is 5.55. The van der Waals surface area contributed by atoms with Crippen LogP contribution in [0.2, 0.25) is 0 Å². The van der Waals surface area contributed by atoms with E-state index in [-0.39, 0.29) is 17.2 Å². The molecular formula is C20H27NO3. The Morgan fingerprint density at radius 1 is 1.17 bits per heavy atom. The third-order valence-corrected chi connectivity index (χ3v) is 6.48. The molecule has 130 valence electrons. The molecule has 1 saturated carbocycles. The minimum Gasteiger partial charge on any atom is -0.481 e. The van der Waals surface area contributed by atoms with E-state index >= 15 is 0 Å². The normalized spacial score (nSPS) is 22.4. The third kappa shape index (κ3) is 2.62. The number of rotatable bonds is 5. The van der Waals surface area contributed by atoms with E-state index in [4.69, 9.17) is 0 Å². The van der Waals surface area contributed by atoms with E-state index in [9.17, 15) is 14.7 Å². The second-order valence-corrected chi connectivity index (χ2v) is 7.40. The van der Waals surface area contributed by atoms with E-state index in [0.29, 0.717) is 13.1 Å². The summed E-state index contributed by atoms with van der Waals surface area (Å²) in [4.78, 5) is 26.5. The highest BCUT2D eigenvalue weighted by molar-refractivity contribution is 5.88. The lowest BCUT2D eigenvalue weighted by Crippen LogP contribution is -2.49. The van der Waals surface area contributed by atoms with Crippen molar-refractivity contribution in [2.24, 2.45) is 11.3 Å². The Balaban J connectivity index is 1.75. The Labute approximate surface area is 143 Å². The van der Waals surface area contributed by atoms with E-state index in [1.807, 2.05) is 23.1 Å². The maximum Gasteiger partial charge on any atom is 0.307 e. The van der Waals surface area contributed by atoms with Gasteiger partial charge in [0.2, 0.25) is 5.91 Å². The van der Waals surface area contributed by atoms with Crippen LogP contribution in [0.5, 0.6) is 0 Å². The average Bonchev–Trinajstić information content (AvgIpc) is 3.32. The SMILES string of the molecule is CCC(CC)(C(=O)N1CCC2(CC1)CC2C(=O)O)c1ccccc1. The lowest BCUT2D eigenvalue weighted by molar-refractivity contribution is -0.141. The minimum atomic E-state index is -0.671. The number of carboxylic acids is 1. The summed E-state index contributed by atoms with van der Waals surface area (Å²) in [5.74, 6) is -0.650. The molecule has 1 aliphatic heterocycles. The molecule has 0 radical (unpaired) electrons. The molecule has 2 fully saturated rings. The zero-order chi connectivity index (χ0) is 17.4. The third-order valence-electron chi connectivity index (χ3n) is 6.48. The first-order chi connectivity index (χ1) is 11.5. The molecule has 0 bridgehead atoms. The van der Waals surface area contributed by atoms with Gasteiger partial charge in [0.05, 0.1) is 11.3 Å². The number of nitrogens with zero attached hydrogens (tertiary/aromatic N) is 1. The number of carboxylic acid groups (broad SMARTS) is 1. The van der Waals surface area contributed by atoms with Gasteiger partial charge in [-0.25, -0.2) is 0 Å². The Kier molecular flexibility index (Phi) is 4.41. The topological polar surface area (TPSA) is 57.6 Å². The van der Waals surface area contributed by atoms with Gasteiger partial charge in [0.1, 0.15) is 0 Å². The summed E-state index contributed by atoms with van der Waals surface area (Å²) >= 11 is 0. The van der Waals surface area contributed by atoms with Crippen molar-refractivity contribution in [2.45, 2.75) is 51.4 Å². The average molecular weight is 329 g/mol. The number of carbonyl (C=O) groups excluding carboxylic acids is 1. The first-order valence-electron chi connectivity index (χ1n) is 9.07. The molecule has 1 aliphatic carbocycles. The fraction of sp³-hybridized carbons (Fsp3) is 0.600. The zero-order valence-corrected chi connectivity index (χ0v) is 14.6. The van der Waals surface area contributed by atoms with Gasteiger partial charge in [-0.2, -0.15) is 0 Å². The van der Waals surface area contributed by atoms with Crippen molar-refractivity contribution >= 4 is 11.9 Å². The summed E-state index contributed by atoms with van der Waals surface area (Å²) in [7, 11) is 0. The van der Waals surface area contributed by atoms with Gasteiger partial charge in [0.25, 0.3) is 0 Å². The van der Waals surface area contributed by atoms with Crippen LogP contribution in [-0.4, -0.2) is 35.0 Å². The quantitative estimate of drug-likeness (QED) is 0.900. The van der Waals surface area contributed by atoms with E-state index in [1.165, 1.54) is 0 Å². The number of carbonyl (C=O) groups is 2. The molecule has 1 saturated heterocycles. The van der Waals surface area contributed by atoms with Crippen LogP contribution >= 0.6 is 0 Å². The van der Waals surface area contributed by atoms with Crippen molar-refractivity contribution in [1.82, 2.24) is 4.90 Å². The predicted molar refractivity (Wildman–Crippen MR) is 92.7 cm³/mol. The summed E-state index contributed by atoms with van der Waals surface area (Å²) < 4.78 is 0. The van der Waals surface area contributed by atoms with Gasteiger partial charge in [-0.1, -0.05) is 44.2 Å². The van der Waals surface area contributed by atoms with Crippen LogP contribution in [-0.2, 0) is 15.0 Å². The van der Waals surface area contributed by atoms with Crippen LogP contribution in [0.1, 0.15) is 51.5 Å². The van der Waals surface area contributed by atoms with Crippen molar-refractivity contribution in [3.63, 3.8) is 0 Å². The molecule has 0 aromatic heterocycles. The van der Waals surface area contributed by atoms with Crippen molar-refractivity contribution < 1.29 is 14.7 Å². The minimum absolute atomic E-state index is 0.0313. The molecular weight excluding hydrogens is 302 g/mol. The molecule has 1 atom stereocenters. The number of hydrogen-bond donors (Lipinski definition) is 1. The standard InChI is InChI=1S/C20H27NO3/c1-3-20(4-2,15-8-6-5-7-9-15)18(24)21-12-10-19(11-13-21)14-16(19)17(22)23/h5-9,16H,3-4,10-14H2,1-2H3,(H,22,23). The Morgan fingerprint density at radius 3 is 2.21 bits per heavy atom. The molecule has 4 heteroatoms. The van der Waals surface area contributed by atoms with Gasteiger partial charge < -0.3 is 10.0 Å². The largest absolute Gasteiger partial charge is 0.481 e. The molecule has 2 aliphatic rings. The Bertz CT molecular complexity index is 613. The number of amides is 1. The van der Waals surface area contributed by atoms with Gasteiger partial charge in [-0.3, -0.25) is 9.59 Å². The van der Waals surface area contributed by atoms with E-state index in [0.717, 1.165) is 37.7 Å². The Hall–Kier alpha value is -1.84. The predicted octanol–water partition coefficient (Wildman–Crippen LogP) is 3.46. The summed E-state index contributed by atoms with van der Waals surface area (Å²) in [5, 5.41) is 9.22. The number of likely N-dealkylation sites (tertiary alicyclic amines) is 1. The molecule has 1 spiro atoms. The number of aliphatic carboxylic acids is 1. The van der Waals surface area contributed by atoms with E-state index < -0.39 is 11.4 Å². The molecule has 1 unspecified atom stereocenters. The summed E-state index contributed by atoms with van der Waals surface area (Å²) in [6, 6.07) is 10.1. The highest BCUT2D eigenvalue weighted by Gasteiger charge is 2.59. The summed E-state index contributed by atoms with van der Waals surface area (Å²) in [6.07, 6.45) is 4.01. The molecule has 4 nitrogen and oxygen atoms in total. The lowest BCUT2D eigenvalue weighted by atomic mass is 9.74. The van der Waals surface area contributed by atoms with Crippen LogP contribution in [0, 0.1) is 11.3 Å². The first-order valence-corrected chi connectivity index (χ1v) is 9.07. The van der Waals surface area contributed by atoms with Gasteiger partial charge in [-0.15, -0.1) is 0 Å². The molecule has 1 heterocycles. The van der Waals surface area contributed by atoms with Crippen molar-refractivity contribution in [2.75, 3.05) is 13.1 Å². The van der Waals surface area contributed by atoms with E-state index in [1.54, 1.807) is 0 Å². The maximum atomic E-state index is 13.3. The highest BCUT2D eigenvalue weighted by Crippen LogP contribution is 2.59. The molecule has 1 N–H and O–H groups in total. The van der Waals surface area contributed by atoms with Crippen LogP contribution in [0.4, 0.5) is 0 Å². The fourth-order valence-corrected chi connectivity index (χ4v) is 4.55. The lowest BCUT2D eigenvalue weighted by Gasteiger charge is -2.40. The van der Waals surface area contributed by atoms with Crippen LogP contribution < -0.4 is 0 Å². The molecule has 1 aromatic carbocycles. The van der Waals surface area contributed by atoms with Gasteiger partial charge in [-0.05, 0) is 43.1 Å². The second-order valence-electron chi connectivity index (χ2n) is 7.40. The monoisotopic (exact) mass is 329 g/mol. The fourth-order valence-electron chi connectivity index (χ4n) is 4.55. The van der Waals surface area contributed by atoms with Crippen molar-refractivity contribution in [3.05, 3.63) is 35.9 Å². The van der Waals surface area contributed by atoms with Crippen LogP contribution in [0.3, 0.4) is 0 Å². The highest BCUT2D eigenvalue weighted by atomic mass is 16.4. The number of piperidine rings is 1. The van der Waals surface area contributed by atoms with Crippen molar-refractivity contribution in [1.29, 1.82) is 0 Å². The molecule has 1 amide bonds.